The Labute approximate surface area is 169 Å². The third-order valence-corrected chi connectivity index (χ3v) is 5.31. The van der Waals surface area contributed by atoms with Crippen LogP contribution in [0.1, 0.15) is 50.5 Å². The molecule has 1 saturated heterocycles. The molecule has 1 fully saturated rings. The number of esters is 1. The minimum absolute atomic E-state index is 0.0685. The molecule has 0 unspecified atom stereocenters. The van der Waals surface area contributed by atoms with E-state index in [1.54, 1.807) is 31.1 Å². The number of aromatic nitrogens is 2. The van der Waals surface area contributed by atoms with Gasteiger partial charge in [-0.3, -0.25) is 14.6 Å². The van der Waals surface area contributed by atoms with Crippen LogP contribution in [0.15, 0.2) is 24.5 Å². The molecule has 154 valence electrons. The van der Waals surface area contributed by atoms with E-state index >= 15 is 0 Å². The Bertz CT molecular complexity index is 907. The van der Waals surface area contributed by atoms with Crippen molar-refractivity contribution in [2.24, 2.45) is 5.92 Å². The molecule has 29 heavy (non-hydrogen) atoms. The number of piperidine rings is 1. The molecule has 2 N–H and O–H groups in total. The summed E-state index contributed by atoms with van der Waals surface area (Å²) in [6, 6.07) is 3.73. The monoisotopic (exact) mass is 398 g/mol. The Kier molecular flexibility index (Phi) is 6.31. The summed E-state index contributed by atoms with van der Waals surface area (Å²) in [5.41, 5.74) is 2.86. The molecule has 1 atom stereocenters. The van der Waals surface area contributed by atoms with E-state index in [1.165, 1.54) is 7.11 Å². The number of pyridine rings is 1. The second-order valence-electron chi connectivity index (χ2n) is 7.29. The minimum atomic E-state index is -0.471. The van der Waals surface area contributed by atoms with Gasteiger partial charge in [0.1, 0.15) is 5.69 Å². The quantitative estimate of drug-likeness (QED) is 0.750. The highest BCUT2D eigenvalue weighted by Gasteiger charge is 2.31. The average Bonchev–Trinajstić information content (AvgIpc) is 3.05. The number of H-pyrrole nitrogens is 1. The van der Waals surface area contributed by atoms with Crippen molar-refractivity contribution in [2.45, 2.75) is 33.2 Å². The first kappa shape index (κ1) is 20.6. The number of nitrogens with zero attached hydrogens (tertiary/aromatic N) is 2. The van der Waals surface area contributed by atoms with Gasteiger partial charge in [-0.1, -0.05) is 6.07 Å². The maximum atomic E-state index is 13.0. The number of likely N-dealkylation sites (tertiary alicyclic amines) is 1. The van der Waals surface area contributed by atoms with Crippen LogP contribution >= 0.6 is 0 Å². The van der Waals surface area contributed by atoms with Crippen molar-refractivity contribution in [3.05, 3.63) is 52.6 Å². The van der Waals surface area contributed by atoms with Crippen molar-refractivity contribution in [3.63, 3.8) is 0 Å². The second kappa shape index (κ2) is 8.89. The predicted octanol–water partition coefficient (Wildman–Crippen LogP) is 1.98. The fourth-order valence-electron chi connectivity index (χ4n) is 3.74. The lowest BCUT2D eigenvalue weighted by atomic mass is 9.96. The van der Waals surface area contributed by atoms with Gasteiger partial charge >= 0.3 is 5.97 Å². The van der Waals surface area contributed by atoms with E-state index in [9.17, 15) is 14.4 Å². The van der Waals surface area contributed by atoms with Gasteiger partial charge in [0.15, 0.2) is 0 Å². The molecule has 3 rings (SSSR count). The molecule has 0 aliphatic carbocycles. The van der Waals surface area contributed by atoms with Gasteiger partial charge < -0.3 is 19.9 Å². The molecule has 0 radical (unpaired) electrons. The number of rotatable bonds is 5. The van der Waals surface area contributed by atoms with E-state index in [2.05, 4.69) is 15.3 Å². The number of aromatic amines is 1. The molecule has 0 aromatic carbocycles. The zero-order valence-electron chi connectivity index (χ0n) is 16.9. The van der Waals surface area contributed by atoms with Crippen LogP contribution in [0.2, 0.25) is 0 Å². The van der Waals surface area contributed by atoms with Gasteiger partial charge in [0.05, 0.1) is 18.6 Å². The molecule has 1 aliphatic rings. The summed E-state index contributed by atoms with van der Waals surface area (Å²) in [4.78, 5) is 46.3. The number of nitrogens with one attached hydrogen (secondary N) is 2. The number of aryl methyl sites for hydroxylation is 1. The first-order chi connectivity index (χ1) is 13.9. The fourth-order valence-corrected chi connectivity index (χ4v) is 3.74. The van der Waals surface area contributed by atoms with Crippen molar-refractivity contribution in [1.82, 2.24) is 20.2 Å². The number of hydrogen-bond donors (Lipinski definition) is 2. The van der Waals surface area contributed by atoms with Crippen molar-refractivity contribution >= 4 is 17.8 Å². The fraction of sp³-hybridized carbons (Fsp3) is 0.429. The Morgan fingerprint density at radius 2 is 2.14 bits per heavy atom. The number of carbonyl (C=O) groups excluding carboxylic acids is 3. The molecule has 2 aromatic rings. The van der Waals surface area contributed by atoms with E-state index in [0.717, 1.165) is 18.4 Å². The van der Waals surface area contributed by atoms with Gasteiger partial charge in [0.2, 0.25) is 5.91 Å². The summed E-state index contributed by atoms with van der Waals surface area (Å²) >= 11 is 0. The molecule has 0 spiro atoms. The average molecular weight is 398 g/mol. The van der Waals surface area contributed by atoms with Crippen molar-refractivity contribution < 1.29 is 19.1 Å². The lowest BCUT2D eigenvalue weighted by Gasteiger charge is -2.32. The molecule has 1 aliphatic heterocycles. The number of ether oxygens (including phenoxy) is 1. The summed E-state index contributed by atoms with van der Waals surface area (Å²) in [5.74, 6) is -1.01. The number of carbonyl (C=O) groups is 3. The number of hydrogen-bond acceptors (Lipinski definition) is 5. The van der Waals surface area contributed by atoms with Gasteiger partial charge in [-0.05, 0) is 43.9 Å². The van der Waals surface area contributed by atoms with Crippen LogP contribution in [0.4, 0.5) is 0 Å². The third-order valence-electron chi connectivity index (χ3n) is 5.31. The third kappa shape index (κ3) is 4.47. The predicted molar refractivity (Wildman–Crippen MR) is 106 cm³/mol. The molecule has 0 bridgehead atoms. The largest absolute Gasteiger partial charge is 0.465 e. The van der Waals surface area contributed by atoms with Crippen LogP contribution in [-0.4, -0.2) is 52.9 Å². The maximum Gasteiger partial charge on any atom is 0.339 e. The molecule has 2 amide bonds. The number of methoxy groups -OCH3 is 1. The summed E-state index contributed by atoms with van der Waals surface area (Å²) in [5, 5.41) is 2.93. The van der Waals surface area contributed by atoms with Gasteiger partial charge in [-0.25, -0.2) is 4.79 Å². The van der Waals surface area contributed by atoms with Crippen molar-refractivity contribution in [3.8, 4) is 0 Å². The van der Waals surface area contributed by atoms with Crippen LogP contribution in [0.5, 0.6) is 0 Å². The molecule has 3 heterocycles. The zero-order valence-corrected chi connectivity index (χ0v) is 16.9. The minimum Gasteiger partial charge on any atom is -0.465 e. The SMILES string of the molecule is COC(=O)c1c(C)[nH]c(C(=O)N2CCC[C@H](C(=O)NCc3cccnc3)C2)c1C. The Balaban J connectivity index is 1.66. The number of amides is 2. The maximum absolute atomic E-state index is 13.0. The van der Waals surface area contributed by atoms with Crippen LogP contribution < -0.4 is 5.32 Å². The topological polar surface area (TPSA) is 104 Å². The Morgan fingerprint density at radius 3 is 2.83 bits per heavy atom. The Morgan fingerprint density at radius 1 is 1.34 bits per heavy atom. The van der Waals surface area contributed by atoms with E-state index in [1.807, 2.05) is 12.1 Å². The smallest absolute Gasteiger partial charge is 0.339 e. The lowest BCUT2D eigenvalue weighted by Crippen LogP contribution is -2.45. The second-order valence-corrected chi connectivity index (χ2v) is 7.29. The van der Waals surface area contributed by atoms with Gasteiger partial charge in [0, 0.05) is 37.7 Å². The highest BCUT2D eigenvalue weighted by molar-refractivity contribution is 6.00. The van der Waals surface area contributed by atoms with Crippen molar-refractivity contribution in [1.29, 1.82) is 0 Å². The zero-order chi connectivity index (χ0) is 21.0. The molecule has 8 nitrogen and oxygen atoms in total. The molecule has 2 aromatic heterocycles. The summed E-state index contributed by atoms with van der Waals surface area (Å²) in [6.07, 6.45) is 4.89. The molecule has 0 saturated carbocycles. The van der Waals surface area contributed by atoms with Crippen LogP contribution in [0.3, 0.4) is 0 Å². The first-order valence-corrected chi connectivity index (χ1v) is 9.65. The summed E-state index contributed by atoms with van der Waals surface area (Å²) in [7, 11) is 1.31. The standard InChI is InChI=1S/C21H26N4O4/c1-13-17(21(28)29-3)14(2)24-18(13)20(27)25-9-5-7-16(12-25)19(26)23-11-15-6-4-8-22-10-15/h4,6,8,10,16,24H,5,7,9,11-12H2,1-3H3,(H,23,26)/t16-/m0/s1. The highest BCUT2D eigenvalue weighted by Crippen LogP contribution is 2.23. The lowest BCUT2D eigenvalue weighted by molar-refractivity contribution is -0.126. The van der Waals surface area contributed by atoms with E-state index in [0.29, 0.717) is 42.1 Å². The summed E-state index contributed by atoms with van der Waals surface area (Å²) in [6.45, 7) is 4.81. The Hall–Kier alpha value is -3.16. The van der Waals surface area contributed by atoms with E-state index in [4.69, 9.17) is 4.74 Å². The highest BCUT2D eigenvalue weighted by atomic mass is 16.5. The summed E-state index contributed by atoms with van der Waals surface area (Å²) < 4.78 is 4.81. The van der Waals surface area contributed by atoms with Gasteiger partial charge in [-0.2, -0.15) is 0 Å². The molecule has 8 heteroatoms. The molecular weight excluding hydrogens is 372 g/mol. The van der Waals surface area contributed by atoms with Crippen LogP contribution in [0.25, 0.3) is 0 Å². The van der Waals surface area contributed by atoms with E-state index in [-0.39, 0.29) is 17.7 Å². The van der Waals surface area contributed by atoms with Crippen LogP contribution in [-0.2, 0) is 16.1 Å². The van der Waals surface area contributed by atoms with Crippen LogP contribution in [0, 0.1) is 19.8 Å². The van der Waals surface area contributed by atoms with E-state index < -0.39 is 5.97 Å². The van der Waals surface area contributed by atoms with Crippen molar-refractivity contribution in [2.75, 3.05) is 20.2 Å². The first-order valence-electron chi connectivity index (χ1n) is 9.65. The van der Waals surface area contributed by atoms with Gasteiger partial charge in [-0.15, -0.1) is 0 Å². The molecular formula is C21H26N4O4. The van der Waals surface area contributed by atoms with Gasteiger partial charge in [0.25, 0.3) is 5.91 Å². The normalized spacial score (nSPS) is 16.4.